The third-order valence-electron chi connectivity index (χ3n) is 14.3. The van der Waals surface area contributed by atoms with Gasteiger partial charge in [-0.05, 0) is 136 Å². The SMILES string of the molecule is Cc1c(OCCCC2CCN(C(C)C(=O)Nc3cccc4c(C5CCC(=O)NC5=O)nn(C)c34)CC2)cccc1-c1ccc(N2CCc3cccc(C(=O)Nc4nc5ccccc5s4)c3C2)nc1C(=O)O. The number of para-hydroxylation sites is 2. The number of benzene rings is 4. The number of ether oxygens (including phenoxy) is 1. The molecule has 3 aliphatic heterocycles. The first-order valence-electron chi connectivity index (χ1n) is 24.2. The van der Waals surface area contributed by atoms with Gasteiger partial charge in [-0.2, -0.15) is 5.10 Å². The topological polar surface area (TPSA) is 201 Å². The van der Waals surface area contributed by atoms with Crippen LogP contribution in [0.1, 0.15) is 94.6 Å². The van der Waals surface area contributed by atoms with Gasteiger partial charge in [0.05, 0.1) is 45.7 Å². The second kappa shape index (κ2) is 20.1. The van der Waals surface area contributed by atoms with Crippen LogP contribution in [0.5, 0.6) is 5.75 Å². The lowest BCUT2D eigenvalue weighted by Gasteiger charge is -2.35. The van der Waals surface area contributed by atoms with E-state index in [1.807, 2.05) is 110 Å². The number of anilines is 3. The molecule has 0 radical (unpaired) electrons. The molecule has 4 N–H and O–H groups in total. The number of pyridine rings is 1. The molecule has 0 saturated carbocycles. The molecule has 6 heterocycles. The number of aryl methyl sites for hydroxylation is 1. The summed E-state index contributed by atoms with van der Waals surface area (Å²) in [5.41, 5.74) is 7.29. The number of hydrogen-bond acceptors (Lipinski definition) is 12. The van der Waals surface area contributed by atoms with Gasteiger partial charge in [0.1, 0.15) is 11.6 Å². The third-order valence-corrected chi connectivity index (χ3v) is 15.3. The van der Waals surface area contributed by atoms with Crippen LogP contribution in [0.25, 0.3) is 32.2 Å². The Hall–Kier alpha value is -7.50. The fourth-order valence-corrected chi connectivity index (χ4v) is 11.3. The molecule has 17 heteroatoms. The highest BCUT2D eigenvalue weighted by Crippen LogP contribution is 2.37. The van der Waals surface area contributed by atoms with Crippen molar-refractivity contribution < 1.29 is 33.8 Å². The molecule has 364 valence electrons. The summed E-state index contributed by atoms with van der Waals surface area (Å²) in [4.78, 5) is 78.1. The lowest BCUT2D eigenvalue weighted by molar-refractivity contribution is -0.134. The number of hydrogen-bond donors (Lipinski definition) is 4. The minimum absolute atomic E-state index is 0.0556. The number of aromatic nitrogens is 4. The molecule has 4 aromatic carbocycles. The molecule has 0 aliphatic carbocycles. The summed E-state index contributed by atoms with van der Waals surface area (Å²) in [5.74, 6) is -0.935. The van der Waals surface area contributed by atoms with Crippen molar-refractivity contribution in [2.75, 3.05) is 41.8 Å². The largest absolute Gasteiger partial charge is 0.493 e. The Labute approximate surface area is 414 Å². The number of fused-ring (bicyclic) bond motifs is 3. The normalized spacial score (nSPS) is 16.9. The first-order valence-corrected chi connectivity index (χ1v) is 25.1. The number of imide groups is 1. The number of thiazole rings is 1. The third kappa shape index (κ3) is 9.71. The maximum absolute atomic E-state index is 13.6. The number of aromatic carboxylic acids is 1. The Morgan fingerprint density at radius 1 is 0.887 bits per heavy atom. The van der Waals surface area contributed by atoms with Crippen LogP contribution < -0.4 is 25.6 Å². The average molecular weight is 974 g/mol. The van der Waals surface area contributed by atoms with Gasteiger partial charge in [0, 0.05) is 43.1 Å². The van der Waals surface area contributed by atoms with Crippen LogP contribution >= 0.6 is 11.3 Å². The quantitative estimate of drug-likeness (QED) is 0.0599. The number of amides is 4. The predicted molar refractivity (Wildman–Crippen MR) is 273 cm³/mol. The van der Waals surface area contributed by atoms with Crippen molar-refractivity contribution in [3.63, 3.8) is 0 Å². The molecule has 71 heavy (non-hydrogen) atoms. The molecule has 2 saturated heterocycles. The maximum Gasteiger partial charge on any atom is 0.355 e. The number of nitrogens with one attached hydrogen (secondary N) is 3. The number of carbonyl (C=O) groups is 5. The summed E-state index contributed by atoms with van der Waals surface area (Å²) >= 11 is 1.43. The van der Waals surface area contributed by atoms with E-state index in [1.54, 1.807) is 11.7 Å². The molecular formula is C54H55N9O7S. The zero-order valence-electron chi connectivity index (χ0n) is 39.9. The van der Waals surface area contributed by atoms with Crippen LogP contribution in [0, 0.1) is 12.8 Å². The molecule has 0 bridgehead atoms. The van der Waals surface area contributed by atoms with E-state index in [0.29, 0.717) is 77.7 Å². The van der Waals surface area contributed by atoms with Crippen LogP contribution in [0.4, 0.5) is 16.6 Å². The van der Waals surface area contributed by atoms with Gasteiger partial charge in [0.25, 0.3) is 5.91 Å². The molecule has 10 rings (SSSR count). The Bertz CT molecular complexity index is 3200. The van der Waals surface area contributed by atoms with Crippen molar-refractivity contribution in [2.24, 2.45) is 13.0 Å². The number of piperidine rings is 2. The Morgan fingerprint density at radius 2 is 1.69 bits per heavy atom. The van der Waals surface area contributed by atoms with Gasteiger partial charge in [-0.1, -0.05) is 59.9 Å². The van der Waals surface area contributed by atoms with E-state index in [-0.39, 0.29) is 41.8 Å². The number of rotatable bonds is 14. The zero-order valence-corrected chi connectivity index (χ0v) is 40.7. The van der Waals surface area contributed by atoms with Gasteiger partial charge in [-0.3, -0.25) is 39.4 Å². The number of carbonyl (C=O) groups excluding carboxylic acids is 4. The highest BCUT2D eigenvalue weighted by Gasteiger charge is 2.33. The van der Waals surface area contributed by atoms with Crippen LogP contribution in [-0.4, -0.2) is 91.6 Å². The average Bonchev–Trinajstić information content (AvgIpc) is 3.95. The van der Waals surface area contributed by atoms with Crippen molar-refractivity contribution in [1.82, 2.24) is 30.0 Å². The molecule has 4 amide bonds. The molecule has 2 unspecified atom stereocenters. The highest BCUT2D eigenvalue weighted by molar-refractivity contribution is 7.22. The van der Waals surface area contributed by atoms with E-state index >= 15 is 0 Å². The number of nitrogens with zero attached hydrogens (tertiary/aromatic N) is 6. The van der Waals surface area contributed by atoms with Gasteiger partial charge in [0.15, 0.2) is 10.8 Å². The van der Waals surface area contributed by atoms with Crippen LogP contribution in [0.2, 0.25) is 0 Å². The molecule has 2 atom stereocenters. The fraction of sp³-hybridized carbons (Fsp3) is 0.333. The molecule has 7 aromatic rings. The molecule has 3 aliphatic rings. The monoisotopic (exact) mass is 973 g/mol. The predicted octanol–water partition coefficient (Wildman–Crippen LogP) is 8.49. The van der Waals surface area contributed by atoms with E-state index in [9.17, 15) is 29.1 Å². The fourth-order valence-electron chi connectivity index (χ4n) is 10.4. The Kier molecular flexibility index (Phi) is 13.3. The lowest BCUT2D eigenvalue weighted by Crippen LogP contribution is -2.46. The van der Waals surface area contributed by atoms with Gasteiger partial charge in [0.2, 0.25) is 17.7 Å². The zero-order chi connectivity index (χ0) is 49.3. The van der Waals surface area contributed by atoms with Crippen LogP contribution in [0.3, 0.4) is 0 Å². The smallest absolute Gasteiger partial charge is 0.355 e. The second-order valence-corrected chi connectivity index (χ2v) is 19.7. The summed E-state index contributed by atoms with van der Waals surface area (Å²) in [6.07, 6.45) is 5.08. The lowest BCUT2D eigenvalue weighted by atomic mass is 9.91. The summed E-state index contributed by atoms with van der Waals surface area (Å²) in [5, 5.41) is 25.0. The van der Waals surface area contributed by atoms with Crippen molar-refractivity contribution in [2.45, 2.75) is 77.3 Å². The standard InChI is InChI=1S/C54H55N9O7S/c1-31-35(36-19-21-45(57-48(36)53(68)69)63-28-25-34-11-6-13-37(40(34)30-63)51(66)59-54-56-41-15-4-5-18-44(41)71-54)12-8-17-43(31)70-29-9-10-33-23-26-62(27-24-33)32(2)50(65)55-42-16-7-14-38-47(60-61(3)49(38)42)39-20-22-46(64)58-52(39)67/h4-8,11-19,21,32-33,39H,9-10,20,22-30H2,1-3H3,(H,55,65)(H,68,69)(H,56,59,66)(H,58,64,67). The number of likely N-dealkylation sites (tertiary alicyclic amines) is 1. The molecule has 3 aromatic heterocycles. The molecule has 16 nitrogen and oxygen atoms in total. The summed E-state index contributed by atoms with van der Waals surface area (Å²) in [7, 11) is 1.79. The van der Waals surface area contributed by atoms with Gasteiger partial charge < -0.3 is 20.1 Å². The van der Waals surface area contributed by atoms with Gasteiger partial charge in [-0.15, -0.1) is 0 Å². The van der Waals surface area contributed by atoms with Crippen molar-refractivity contribution in [3.8, 4) is 16.9 Å². The minimum atomic E-state index is -1.13. The molecular weight excluding hydrogens is 919 g/mol. The number of carboxylic acid groups (broad SMARTS) is 1. The maximum atomic E-state index is 13.6. The van der Waals surface area contributed by atoms with Crippen molar-refractivity contribution in [1.29, 1.82) is 0 Å². The van der Waals surface area contributed by atoms with Crippen LogP contribution in [-0.2, 0) is 34.4 Å². The molecule has 2 fully saturated rings. The van der Waals surface area contributed by atoms with E-state index in [1.165, 1.54) is 11.3 Å². The van der Waals surface area contributed by atoms with Crippen LogP contribution in [0.15, 0.2) is 91.0 Å². The highest BCUT2D eigenvalue weighted by atomic mass is 32.1. The van der Waals surface area contributed by atoms with E-state index in [4.69, 9.17) is 9.72 Å². The molecule has 0 spiro atoms. The second-order valence-electron chi connectivity index (χ2n) is 18.7. The van der Waals surface area contributed by atoms with Gasteiger partial charge in [-0.25, -0.2) is 14.8 Å². The minimum Gasteiger partial charge on any atom is -0.493 e. The van der Waals surface area contributed by atoms with Gasteiger partial charge >= 0.3 is 5.97 Å². The summed E-state index contributed by atoms with van der Waals surface area (Å²) in [6.45, 7) is 6.98. The summed E-state index contributed by atoms with van der Waals surface area (Å²) < 4.78 is 9.02. The van der Waals surface area contributed by atoms with E-state index in [0.717, 1.165) is 82.1 Å². The van der Waals surface area contributed by atoms with Crippen molar-refractivity contribution >= 4 is 78.7 Å². The Balaban J connectivity index is 0.727. The first kappa shape index (κ1) is 47.2. The first-order chi connectivity index (χ1) is 34.4. The summed E-state index contributed by atoms with van der Waals surface area (Å²) in [6, 6.07) is 28.1. The van der Waals surface area contributed by atoms with E-state index in [2.05, 4.69) is 30.9 Å². The van der Waals surface area contributed by atoms with E-state index < -0.39 is 11.9 Å². The number of carboxylic acids is 1. The Morgan fingerprint density at radius 3 is 2.49 bits per heavy atom. The van der Waals surface area contributed by atoms with Crippen molar-refractivity contribution in [3.05, 3.63) is 125 Å².